The normalized spacial score (nSPS) is 14.8. The lowest BCUT2D eigenvalue weighted by atomic mass is 10.1. The molecule has 0 unspecified atom stereocenters. The van der Waals surface area contributed by atoms with Crippen LogP contribution >= 0.6 is 11.3 Å². The third-order valence-corrected chi connectivity index (χ3v) is 6.05. The fraction of sp³-hybridized carbons (Fsp3) is 0.333. The first-order valence-electron chi connectivity index (χ1n) is 10.4. The minimum Gasteiger partial charge on any atom is -0.453 e. The van der Waals surface area contributed by atoms with Gasteiger partial charge in [0.05, 0.1) is 10.2 Å². The minimum atomic E-state index is -0.643. The number of rotatable bonds is 4. The zero-order valence-corrected chi connectivity index (χ0v) is 19.4. The fourth-order valence-corrected chi connectivity index (χ4v) is 4.52. The van der Waals surface area contributed by atoms with E-state index in [0.717, 1.165) is 34.6 Å². The quantitative estimate of drug-likeness (QED) is 0.501. The van der Waals surface area contributed by atoms with Gasteiger partial charge in [-0.2, -0.15) is 0 Å². The minimum absolute atomic E-state index is 0.0683. The molecule has 6 nitrogen and oxygen atoms in total. The van der Waals surface area contributed by atoms with Crippen LogP contribution in [0.2, 0.25) is 0 Å². The highest BCUT2D eigenvalue weighted by molar-refractivity contribution is 7.20. The van der Waals surface area contributed by atoms with Gasteiger partial charge in [-0.15, -0.1) is 11.3 Å². The van der Waals surface area contributed by atoms with Crippen LogP contribution in [0, 0.1) is 5.82 Å². The van der Waals surface area contributed by atoms with Crippen molar-refractivity contribution in [2.45, 2.75) is 32.8 Å². The van der Waals surface area contributed by atoms with Crippen molar-refractivity contribution in [2.75, 3.05) is 25.5 Å². The fourth-order valence-electron chi connectivity index (χ4n) is 3.43. The van der Waals surface area contributed by atoms with Crippen molar-refractivity contribution >= 4 is 38.9 Å². The summed E-state index contributed by atoms with van der Waals surface area (Å²) in [5, 5.41) is 2.53. The molecule has 2 aromatic heterocycles. The first-order valence-corrected chi connectivity index (χ1v) is 11.2. The third-order valence-electron chi connectivity index (χ3n) is 4.83. The van der Waals surface area contributed by atoms with E-state index in [4.69, 9.17) is 9.47 Å². The number of pyridine rings is 1. The van der Waals surface area contributed by atoms with Gasteiger partial charge < -0.3 is 14.4 Å². The van der Waals surface area contributed by atoms with Gasteiger partial charge in [0.15, 0.2) is 11.6 Å². The molecule has 0 fully saturated rings. The maximum Gasteiger partial charge on any atom is 0.412 e. The van der Waals surface area contributed by atoms with Crippen LogP contribution in [0.25, 0.3) is 15.8 Å². The van der Waals surface area contributed by atoms with Crippen molar-refractivity contribution in [1.29, 1.82) is 0 Å². The molecule has 0 saturated heterocycles. The van der Waals surface area contributed by atoms with E-state index in [1.54, 1.807) is 50.4 Å². The van der Waals surface area contributed by atoms with Crippen molar-refractivity contribution in [3.05, 3.63) is 53.3 Å². The van der Waals surface area contributed by atoms with Gasteiger partial charge >= 0.3 is 6.09 Å². The van der Waals surface area contributed by atoms with Crippen molar-refractivity contribution in [3.8, 4) is 11.5 Å². The summed E-state index contributed by atoms with van der Waals surface area (Å²) in [7, 11) is 2.11. The van der Waals surface area contributed by atoms with Gasteiger partial charge in [-0.3, -0.25) is 10.3 Å². The summed E-state index contributed by atoms with van der Waals surface area (Å²) in [5.41, 5.74) is 1.74. The molecule has 0 atom stereocenters. The van der Waals surface area contributed by atoms with E-state index in [-0.39, 0.29) is 11.4 Å². The Hall–Kier alpha value is -2.97. The average molecular weight is 456 g/mol. The Morgan fingerprint density at radius 2 is 2.03 bits per heavy atom. The lowest BCUT2D eigenvalue weighted by molar-refractivity contribution is 0.0636. The molecule has 1 aliphatic heterocycles. The van der Waals surface area contributed by atoms with E-state index in [9.17, 15) is 9.18 Å². The standard InChI is InChI=1S/C24H26FN3O3S/c1-24(2,3)31-23(29)27-16-7-8-19(17(25)12-16)30-20-9-10-26-18-13-21(32-22(18)20)15-6-5-11-28(4)14-15/h6-10,12-13H,5,11,14H2,1-4H3,(H,27,29). The molecular weight excluding hydrogens is 429 g/mol. The number of ether oxygens (including phenoxy) is 2. The van der Waals surface area contributed by atoms with Crippen molar-refractivity contribution in [1.82, 2.24) is 9.88 Å². The van der Waals surface area contributed by atoms with E-state index in [2.05, 4.69) is 34.4 Å². The zero-order valence-electron chi connectivity index (χ0n) is 18.6. The number of nitrogens with zero attached hydrogens (tertiary/aromatic N) is 2. The number of hydrogen-bond donors (Lipinski definition) is 1. The monoisotopic (exact) mass is 455 g/mol. The molecule has 0 bridgehead atoms. The van der Waals surface area contributed by atoms with Crippen molar-refractivity contribution in [2.24, 2.45) is 0 Å². The summed E-state index contributed by atoms with van der Waals surface area (Å²) in [4.78, 5) is 19.8. The van der Waals surface area contributed by atoms with Crippen LogP contribution in [-0.4, -0.2) is 41.7 Å². The number of thiophene rings is 1. The molecular formula is C24H26FN3O3S. The Kier molecular flexibility index (Phi) is 6.17. The molecule has 0 aliphatic carbocycles. The lowest BCUT2D eigenvalue weighted by Crippen LogP contribution is -2.27. The number of amides is 1. The molecule has 3 aromatic rings. The van der Waals surface area contributed by atoms with Gasteiger partial charge in [0.25, 0.3) is 0 Å². The van der Waals surface area contributed by atoms with Crippen molar-refractivity contribution in [3.63, 3.8) is 0 Å². The topological polar surface area (TPSA) is 63.7 Å². The SMILES string of the molecule is CN1CCC=C(c2cc3nccc(Oc4ccc(NC(=O)OC(C)(C)C)cc4F)c3s2)C1. The smallest absolute Gasteiger partial charge is 0.412 e. The summed E-state index contributed by atoms with van der Waals surface area (Å²) in [6, 6.07) is 8.06. The summed E-state index contributed by atoms with van der Waals surface area (Å²) < 4.78 is 26.7. The largest absolute Gasteiger partial charge is 0.453 e. The number of benzene rings is 1. The highest BCUT2D eigenvalue weighted by Crippen LogP contribution is 2.38. The lowest BCUT2D eigenvalue weighted by Gasteiger charge is -2.22. The highest BCUT2D eigenvalue weighted by atomic mass is 32.1. The maximum absolute atomic E-state index is 14.7. The Morgan fingerprint density at radius 1 is 1.22 bits per heavy atom. The maximum atomic E-state index is 14.7. The molecule has 0 saturated carbocycles. The Balaban J connectivity index is 1.54. The average Bonchev–Trinajstić information content (AvgIpc) is 3.14. The number of aromatic nitrogens is 1. The summed E-state index contributed by atoms with van der Waals surface area (Å²) in [5.74, 6) is 0.0264. The number of halogens is 1. The van der Waals surface area contributed by atoms with E-state index in [1.165, 1.54) is 17.7 Å². The second-order valence-electron chi connectivity index (χ2n) is 8.76. The van der Waals surface area contributed by atoms with Gasteiger partial charge in [0.1, 0.15) is 11.4 Å². The number of likely N-dealkylation sites (N-methyl/N-ethyl adjacent to an activating group) is 1. The predicted octanol–water partition coefficient (Wildman–Crippen LogP) is 6.29. The molecule has 1 N–H and O–H groups in total. The molecule has 0 radical (unpaired) electrons. The molecule has 32 heavy (non-hydrogen) atoms. The number of carbonyl (C=O) groups excluding carboxylic acids is 1. The molecule has 0 spiro atoms. The van der Waals surface area contributed by atoms with Gasteiger partial charge in [-0.1, -0.05) is 6.08 Å². The van der Waals surface area contributed by atoms with Crippen LogP contribution in [0.1, 0.15) is 32.1 Å². The molecule has 3 heterocycles. The Morgan fingerprint density at radius 3 is 2.75 bits per heavy atom. The predicted molar refractivity (Wildman–Crippen MR) is 126 cm³/mol. The van der Waals surface area contributed by atoms with E-state index in [0.29, 0.717) is 5.75 Å². The molecule has 1 amide bonds. The second kappa shape index (κ2) is 8.88. The van der Waals surface area contributed by atoms with Crippen LogP contribution in [0.15, 0.2) is 42.6 Å². The Labute approximate surface area is 190 Å². The van der Waals surface area contributed by atoms with Gasteiger partial charge in [-0.05, 0) is 58.0 Å². The summed E-state index contributed by atoms with van der Waals surface area (Å²) in [6.45, 7) is 7.23. The molecule has 168 valence electrons. The second-order valence-corrected chi connectivity index (χ2v) is 9.82. The first kappa shape index (κ1) is 22.2. The van der Waals surface area contributed by atoms with Crippen LogP contribution in [0.4, 0.5) is 14.9 Å². The number of fused-ring (bicyclic) bond motifs is 1. The molecule has 1 aliphatic rings. The summed E-state index contributed by atoms with van der Waals surface area (Å²) in [6.07, 6.45) is 4.30. The number of hydrogen-bond acceptors (Lipinski definition) is 6. The van der Waals surface area contributed by atoms with Crippen LogP contribution in [0.3, 0.4) is 0 Å². The number of carbonyl (C=O) groups is 1. The molecule has 1 aromatic carbocycles. The van der Waals surface area contributed by atoms with Crippen LogP contribution in [0.5, 0.6) is 11.5 Å². The van der Waals surface area contributed by atoms with Gasteiger partial charge in [0.2, 0.25) is 0 Å². The van der Waals surface area contributed by atoms with Crippen LogP contribution in [-0.2, 0) is 4.74 Å². The first-order chi connectivity index (χ1) is 15.2. The molecule has 8 heteroatoms. The molecule has 4 rings (SSSR count). The van der Waals surface area contributed by atoms with Crippen LogP contribution < -0.4 is 10.1 Å². The number of anilines is 1. The third kappa shape index (κ3) is 5.26. The van der Waals surface area contributed by atoms with Gasteiger partial charge in [0, 0.05) is 42.0 Å². The zero-order chi connectivity index (χ0) is 22.9. The van der Waals surface area contributed by atoms with Gasteiger partial charge in [-0.25, -0.2) is 9.18 Å². The highest BCUT2D eigenvalue weighted by Gasteiger charge is 2.18. The number of nitrogens with one attached hydrogen (secondary N) is 1. The Bertz CT molecular complexity index is 1180. The van der Waals surface area contributed by atoms with E-state index in [1.807, 2.05) is 0 Å². The van der Waals surface area contributed by atoms with E-state index < -0.39 is 17.5 Å². The summed E-state index contributed by atoms with van der Waals surface area (Å²) >= 11 is 1.60. The van der Waals surface area contributed by atoms with E-state index >= 15 is 0 Å². The van der Waals surface area contributed by atoms with Crippen molar-refractivity contribution < 1.29 is 18.7 Å².